The Morgan fingerprint density at radius 2 is 2.00 bits per heavy atom. The van der Waals surface area contributed by atoms with E-state index in [1.807, 2.05) is 0 Å². The van der Waals surface area contributed by atoms with E-state index in [4.69, 9.17) is 9.62 Å². The van der Waals surface area contributed by atoms with Crippen molar-refractivity contribution in [3.8, 4) is 5.69 Å². The number of hydrogen-bond donors (Lipinski definition) is 1. The summed E-state index contributed by atoms with van der Waals surface area (Å²) in [7, 11) is 0. The molecule has 1 N–H and O–H groups in total. The third kappa shape index (κ3) is 4.05. The number of aromatic nitrogens is 3. The van der Waals surface area contributed by atoms with Crippen LogP contribution in [0.5, 0.6) is 0 Å². The summed E-state index contributed by atoms with van der Waals surface area (Å²) in [6, 6.07) is 6.94. The summed E-state index contributed by atoms with van der Waals surface area (Å²) in [4.78, 5) is 16.4. The largest absolute Gasteiger partial charge is 0.462 e. The maximum absolute atomic E-state index is 11.7. The van der Waals surface area contributed by atoms with Gasteiger partial charge in [-0.2, -0.15) is 0 Å². The number of esters is 1. The summed E-state index contributed by atoms with van der Waals surface area (Å²) in [5.74, 6) is -0.0885. The Hall–Kier alpha value is -2.25. The van der Waals surface area contributed by atoms with Gasteiger partial charge in [0.15, 0.2) is 0 Å². The van der Waals surface area contributed by atoms with Gasteiger partial charge in [0.2, 0.25) is 0 Å². The van der Waals surface area contributed by atoms with Crippen molar-refractivity contribution >= 4 is 5.97 Å². The molecule has 2 aromatic rings. The molecule has 1 aromatic heterocycles. The van der Waals surface area contributed by atoms with Gasteiger partial charge >= 0.3 is 5.97 Å². The van der Waals surface area contributed by atoms with Crippen LogP contribution in [0, 0.1) is 5.92 Å². The second-order valence-corrected chi connectivity index (χ2v) is 6.28. The zero-order chi connectivity index (χ0) is 17.6. The van der Waals surface area contributed by atoms with Crippen molar-refractivity contribution in [3.05, 3.63) is 41.7 Å². The van der Waals surface area contributed by atoms with E-state index >= 15 is 0 Å². The molecule has 1 heterocycles. The van der Waals surface area contributed by atoms with Crippen molar-refractivity contribution in [3.63, 3.8) is 0 Å². The first-order valence-corrected chi connectivity index (χ1v) is 8.73. The molecule has 25 heavy (non-hydrogen) atoms. The molecule has 1 fully saturated rings. The summed E-state index contributed by atoms with van der Waals surface area (Å²) in [5, 5.41) is 17.6. The molecule has 0 radical (unpaired) electrons. The monoisotopic (exact) mass is 345 g/mol. The predicted octanol–water partition coefficient (Wildman–Crippen LogP) is 3.56. The Kier molecular flexibility index (Phi) is 5.78. The first kappa shape index (κ1) is 17.6. The van der Waals surface area contributed by atoms with E-state index in [0.29, 0.717) is 17.9 Å². The van der Waals surface area contributed by atoms with Crippen molar-refractivity contribution in [1.82, 2.24) is 15.0 Å². The third-order valence-electron chi connectivity index (χ3n) is 4.64. The Balaban J connectivity index is 1.75. The zero-order valence-corrected chi connectivity index (χ0v) is 14.3. The van der Waals surface area contributed by atoms with Crippen LogP contribution < -0.4 is 0 Å². The Bertz CT molecular complexity index is 693. The maximum atomic E-state index is 11.7. The molecule has 0 saturated heterocycles. The lowest BCUT2D eigenvalue weighted by molar-refractivity contribution is -0.296. The highest BCUT2D eigenvalue weighted by molar-refractivity contribution is 5.89. The quantitative estimate of drug-likeness (QED) is 0.489. The Morgan fingerprint density at radius 3 is 2.64 bits per heavy atom. The molecule has 1 saturated carbocycles. The second-order valence-electron chi connectivity index (χ2n) is 6.28. The van der Waals surface area contributed by atoms with Crippen LogP contribution in [0.15, 0.2) is 30.5 Å². The standard InChI is InChI=1S/C18H23N3O4/c1-2-24-18(22)14-8-10-15(11-9-14)21-12-16(19-20-21)17(25-23)13-6-4-3-5-7-13/h8-13,17,23H,2-7H2,1H3/t17-/m0/s1. The number of benzene rings is 1. The van der Waals surface area contributed by atoms with Crippen LogP contribution in [0.4, 0.5) is 0 Å². The van der Waals surface area contributed by atoms with Crippen LogP contribution in [0.2, 0.25) is 0 Å². The lowest BCUT2D eigenvalue weighted by atomic mass is 9.84. The second kappa shape index (κ2) is 8.22. The normalized spacial score (nSPS) is 16.6. The molecule has 7 nitrogen and oxygen atoms in total. The molecule has 1 atom stereocenters. The SMILES string of the molecule is CCOC(=O)c1ccc(-n2cc([C@@H](OO)C3CCCCC3)nn2)cc1. The molecule has 0 bridgehead atoms. The first-order chi connectivity index (χ1) is 12.2. The van der Waals surface area contributed by atoms with Crippen LogP contribution >= 0.6 is 0 Å². The van der Waals surface area contributed by atoms with Gasteiger partial charge in [-0.05, 0) is 49.9 Å². The van der Waals surface area contributed by atoms with E-state index in [2.05, 4.69) is 10.3 Å². The molecule has 0 spiro atoms. The van der Waals surface area contributed by atoms with Gasteiger partial charge in [-0.15, -0.1) is 5.10 Å². The Labute approximate surface area is 146 Å². The molecular formula is C18H23N3O4. The van der Waals surface area contributed by atoms with E-state index in [-0.39, 0.29) is 11.9 Å². The highest BCUT2D eigenvalue weighted by atomic mass is 17.1. The van der Waals surface area contributed by atoms with Crippen molar-refractivity contribution < 1.29 is 19.7 Å². The minimum Gasteiger partial charge on any atom is -0.462 e. The molecule has 0 unspecified atom stereocenters. The average Bonchev–Trinajstić information content (AvgIpc) is 3.13. The van der Waals surface area contributed by atoms with Crippen molar-refractivity contribution in [2.24, 2.45) is 5.92 Å². The van der Waals surface area contributed by atoms with E-state index in [0.717, 1.165) is 31.4 Å². The first-order valence-electron chi connectivity index (χ1n) is 8.73. The predicted molar refractivity (Wildman–Crippen MR) is 90.3 cm³/mol. The van der Waals surface area contributed by atoms with Crippen molar-refractivity contribution in [2.45, 2.75) is 45.1 Å². The highest BCUT2D eigenvalue weighted by Crippen LogP contribution is 2.35. The van der Waals surface area contributed by atoms with Gasteiger partial charge in [0.1, 0.15) is 11.8 Å². The van der Waals surface area contributed by atoms with Crippen LogP contribution in [-0.4, -0.2) is 32.8 Å². The minimum atomic E-state index is -0.451. The number of ether oxygens (including phenoxy) is 1. The number of carbonyl (C=O) groups is 1. The van der Waals surface area contributed by atoms with Crippen LogP contribution in [0.3, 0.4) is 0 Å². The molecule has 0 amide bonds. The number of nitrogens with zero attached hydrogens (tertiary/aromatic N) is 3. The molecule has 134 valence electrons. The van der Waals surface area contributed by atoms with Gasteiger partial charge < -0.3 is 4.74 Å². The summed E-state index contributed by atoms with van der Waals surface area (Å²) < 4.78 is 6.58. The summed E-state index contributed by atoms with van der Waals surface area (Å²) in [5.41, 5.74) is 1.88. The molecule has 1 aromatic carbocycles. The highest BCUT2D eigenvalue weighted by Gasteiger charge is 2.28. The molecule has 1 aliphatic carbocycles. The fourth-order valence-electron chi connectivity index (χ4n) is 3.32. The van der Waals surface area contributed by atoms with Gasteiger partial charge in [0.25, 0.3) is 0 Å². The maximum Gasteiger partial charge on any atom is 0.338 e. The fourth-order valence-corrected chi connectivity index (χ4v) is 3.32. The number of carbonyl (C=O) groups excluding carboxylic acids is 1. The average molecular weight is 345 g/mol. The summed E-state index contributed by atoms with van der Waals surface area (Å²) in [6.45, 7) is 2.12. The van der Waals surface area contributed by atoms with Gasteiger partial charge in [0, 0.05) is 0 Å². The van der Waals surface area contributed by atoms with E-state index < -0.39 is 6.10 Å². The fraction of sp³-hybridized carbons (Fsp3) is 0.500. The molecule has 1 aliphatic rings. The lowest BCUT2D eigenvalue weighted by Crippen LogP contribution is -2.18. The molecule has 7 heteroatoms. The lowest BCUT2D eigenvalue weighted by Gasteiger charge is -2.26. The van der Waals surface area contributed by atoms with Crippen molar-refractivity contribution in [1.29, 1.82) is 0 Å². The molecule has 0 aliphatic heterocycles. The number of hydrogen-bond acceptors (Lipinski definition) is 6. The zero-order valence-electron chi connectivity index (χ0n) is 14.3. The van der Waals surface area contributed by atoms with Crippen molar-refractivity contribution in [2.75, 3.05) is 6.61 Å². The Morgan fingerprint density at radius 1 is 1.28 bits per heavy atom. The third-order valence-corrected chi connectivity index (χ3v) is 4.64. The minimum absolute atomic E-state index is 0.259. The van der Waals surface area contributed by atoms with E-state index in [1.165, 1.54) is 6.42 Å². The molecular weight excluding hydrogens is 322 g/mol. The van der Waals surface area contributed by atoms with Gasteiger partial charge in [-0.3, -0.25) is 5.26 Å². The van der Waals surface area contributed by atoms with Crippen LogP contribution in [0.1, 0.15) is 61.2 Å². The smallest absolute Gasteiger partial charge is 0.338 e. The summed E-state index contributed by atoms with van der Waals surface area (Å²) >= 11 is 0. The van der Waals surface area contributed by atoms with E-state index in [9.17, 15) is 10.1 Å². The van der Waals surface area contributed by atoms with Gasteiger partial charge in [-0.1, -0.05) is 24.5 Å². The van der Waals surface area contributed by atoms with Gasteiger partial charge in [0.05, 0.1) is 24.1 Å². The van der Waals surface area contributed by atoms with Crippen LogP contribution in [-0.2, 0) is 9.62 Å². The van der Waals surface area contributed by atoms with Crippen LogP contribution in [0.25, 0.3) is 5.69 Å². The number of rotatable bonds is 6. The topological polar surface area (TPSA) is 86.5 Å². The molecule has 3 rings (SSSR count). The van der Waals surface area contributed by atoms with Gasteiger partial charge in [-0.25, -0.2) is 14.4 Å². The summed E-state index contributed by atoms with van der Waals surface area (Å²) in [6.07, 6.45) is 6.87. The van der Waals surface area contributed by atoms with E-state index in [1.54, 1.807) is 42.1 Å².